The van der Waals surface area contributed by atoms with Crippen molar-refractivity contribution < 1.29 is 0 Å². The summed E-state index contributed by atoms with van der Waals surface area (Å²) in [6, 6.07) is 16.7. The van der Waals surface area contributed by atoms with Gasteiger partial charge in [0.1, 0.15) is 11.2 Å². The van der Waals surface area contributed by atoms with Crippen LogP contribution in [-0.4, -0.2) is 54.2 Å². The van der Waals surface area contributed by atoms with Gasteiger partial charge in [0.25, 0.3) is 0 Å². The van der Waals surface area contributed by atoms with E-state index in [4.69, 9.17) is 15.1 Å². The second-order valence-electron chi connectivity index (χ2n) is 7.51. The molecule has 1 saturated heterocycles. The van der Waals surface area contributed by atoms with Crippen LogP contribution in [0, 0.1) is 0 Å². The quantitative estimate of drug-likeness (QED) is 0.462. The number of hydrogen-bond donors (Lipinski definition) is 0. The zero-order valence-electron chi connectivity index (χ0n) is 16.8. The predicted molar refractivity (Wildman–Crippen MR) is 124 cm³/mol. The predicted octanol–water partition coefficient (Wildman–Crippen LogP) is 4.46. The molecule has 6 nitrogen and oxygen atoms in total. The molecule has 1 unspecified atom stereocenters. The van der Waals surface area contributed by atoms with E-state index in [1.807, 2.05) is 42.4 Å². The van der Waals surface area contributed by atoms with Gasteiger partial charge in [-0.15, -0.1) is 5.10 Å². The lowest BCUT2D eigenvalue weighted by atomic mass is 10.0. The molecule has 2 aliphatic heterocycles. The van der Waals surface area contributed by atoms with Crippen molar-refractivity contribution in [2.45, 2.75) is 16.3 Å². The summed E-state index contributed by atoms with van der Waals surface area (Å²) in [5.41, 5.74) is 4.44. The van der Waals surface area contributed by atoms with E-state index in [1.165, 1.54) is 11.1 Å². The monoisotopic (exact) mass is 444 g/mol. The highest BCUT2D eigenvalue weighted by Crippen LogP contribution is 2.43. The topological polar surface area (TPSA) is 59.7 Å². The molecule has 5 heterocycles. The lowest BCUT2D eigenvalue weighted by Gasteiger charge is -2.37. The summed E-state index contributed by atoms with van der Waals surface area (Å²) in [6.07, 6.45) is 5.56. The normalized spacial score (nSPS) is 18.4. The Labute approximate surface area is 189 Å². The first-order valence-corrected chi connectivity index (χ1v) is 12.3. The lowest BCUT2D eigenvalue weighted by Crippen LogP contribution is -2.41. The van der Waals surface area contributed by atoms with Crippen molar-refractivity contribution in [3.8, 4) is 22.5 Å². The highest BCUT2D eigenvalue weighted by molar-refractivity contribution is 7.99. The summed E-state index contributed by atoms with van der Waals surface area (Å²) < 4.78 is 2.09. The summed E-state index contributed by atoms with van der Waals surface area (Å²) in [4.78, 5) is 16.5. The number of thioether (sulfide) groups is 1. The Balaban J connectivity index is 1.48. The summed E-state index contributed by atoms with van der Waals surface area (Å²) in [5.74, 6) is 2.97. The van der Waals surface area contributed by atoms with Gasteiger partial charge in [-0.3, -0.25) is 9.88 Å². The number of nitrogens with zero attached hydrogens (tertiary/aromatic N) is 6. The van der Waals surface area contributed by atoms with Crippen LogP contribution in [0.1, 0.15) is 11.7 Å². The number of hydrogen-bond acceptors (Lipinski definition) is 7. The summed E-state index contributed by atoms with van der Waals surface area (Å²) in [6.45, 7) is 2.05. The van der Waals surface area contributed by atoms with Crippen LogP contribution >= 0.6 is 23.5 Å². The Kier molecular flexibility index (Phi) is 4.98. The maximum absolute atomic E-state index is 4.95. The van der Waals surface area contributed by atoms with Gasteiger partial charge in [-0.2, -0.15) is 11.8 Å². The van der Waals surface area contributed by atoms with Crippen LogP contribution in [0.5, 0.6) is 0 Å². The molecule has 0 saturated carbocycles. The van der Waals surface area contributed by atoms with Crippen molar-refractivity contribution >= 4 is 23.5 Å². The largest absolute Gasteiger partial charge is 0.276 e. The molecule has 1 fully saturated rings. The van der Waals surface area contributed by atoms with Crippen LogP contribution in [0.15, 0.2) is 77.3 Å². The molecule has 8 heteroatoms. The van der Waals surface area contributed by atoms with Crippen LogP contribution in [0.4, 0.5) is 0 Å². The molecular formula is C23H20N6S2. The Morgan fingerprint density at radius 1 is 0.903 bits per heavy atom. The lowest BCUT2D eigenvalue weighted by molar-refractivity contribution is 0.161. The Morgan fingerprint density at radius 3 is 2.55 bits per heavy atom. The van der Waals surface area contributed by atoms with Gasteiger partial charge in [-0.25, -0.2) is 14.6 Å². The summed E-state index contributed by atoms with van der Waals surface area (Å²) in [7, 11) is 0. The molecule has 0 N–H and O–H groups in total. The van der Waals surface area contributed by atoms with Gasteiger partial charge in [0, 0.05) is 59.9 Å². The third-order valence-corrected chi connectivity index (χ3v) is 7.53. The van der Waals surface area contributed by atoms with Gasteiger partial charge in [0.2, 0.25) is 0 Å². The first-order chi connectivity index (χ1) is 15.4. The number of rotatable bonds is 3. The zero-order chi connectivity index (χ0) is 20.6. The molecular weight excluding hydrogens is 424 g/mol. The van der Waals surface area contributed by atoms with Gasteiger partial charge in [-0.1, -0.05) is 30.3 Å². The number of aromatic nitrogens is 5. The van der Waals surface area contributed by atoms with Crippen LogP contribution in [0.2, 0.25) is 0 Å². The SMILES string of the molecule is c1ccc(-c2cnc3c(c2)C(N2CCSCC2)n2nc(-c4cccnc4)nc2S3)cc1. The molecule has 2 aliphatic rings. The fraction of sp³-hybridized carbons (Fsp3) is 0.217. The Morgan fingerprint density at radius 2 is 1.74 bits per heavy atom. The molecule has 6 rings (SSSR count). The molecule has 3 aromatic heterocycles. The van der Waals surface area contributed by atoms with Crippen molar-refractivity contribution in [1.29, 1.82) is 0 Å². The van der Waals surface area contributed by atoms with E-state index in [1.54, 1.807) is 18.0 Å². The first-order valence-electron chi connectivity index (χ1n) is 10.3. The van der Waals surface area contributed by atoms with Crippen LogP contribution in [0.3, 0.4) is 0 Å². The maximum Gasteiger partial charge on any atom is 0.194 e. The molecule has 0 spiro atoms. The van der Waals surface area contributed by atoms with E-state index in [0.29, 0.717) is 5.82 Å². The standard InChI is InChI=1S/C23H20N6S2/c1-2-5-16(6-3-1)18-13-19-21(25-15-18)31-23-26-20(17-7-4-8-24-14-17)27-29(23)22(19)28-9-11-30-12-10-28/h1-8,13-15,22H,9-12H2. The van der Waals surface area contributed by atoms with E-state index in [0.717, 1.165) is 45.9 Å². The van der Waals surface area contributed by atoms with Crippen molar-refractivity contribution in [2.24, 2.45) is 0 Å². The minimum Gasteiger partial charge on any atom is -0.276 e. The molecule has 154 valence electrons. The number of pyridine rings is 2. The average Bonchev–Trinajstić information content (AvgIpc) is 3.27. The maximum atomic E-state index is 4.95. The Bertz CT molecular complexity index is 1210. The fourth-order valence-electron chi connectivity index (χ4n) is 4.07. The number of fused-ring (bicyclic) bond motifs is 2. The minimum atomic E-state index is 0.00114. The van der Waals surface area contributed by atoms with Crippen LogP contribution in [-0.2, 0) is 0 Å². The second kappa shape index (κ2) is 8.11. The van der Waals surface area contributed by atoms with E-state index in [-0.39, 0.29) is 6.17 Å². The fourth-order valence-corrected chi connectivity index (χ4v) is 5.93. The first kappa shape index (κ1) is 19.0. The van der Waals surface area contributed by atoms with Crippen molar-refractivity contribution in [1.82, 2.24) is 29.6 Å². The smallest absolute Gasteiger partial charge is 0.194 e. The van der Waals surface area contributed by atoms with E-state index in [9.17, 15) is 0 Å². The van der Waals surface area contributed by atoms with Crippen molar-refractivity contribution in [2.75, 3.05) is 24.6 Å². The zero-order valence-corrected chi connectivity index (χ0v) is 18.4. The minimum absolute atomic E-state index is 0.00114. The molecule has 1 atom stereocenters. The third kappa shape index (κ3) is 3.54. The second-order valence-corrected chi connectivity index (χ2v) is 9.69. The van der Waals surface area contributed by atoms with Gasteiger partial charge in [0.05, 0.1) is 0 Å². The van der Waals surface area contributed by atoms with Gasteiger partial charge in [0.15, 0.2) is 11.0 Å². The van der Waals surface area contributed by atoms with Gasteiger partial charge >= 0.3 is 0 Å². The molecule has 0 radical (unpaired) electrons. The van der Waals surface area contributed by atoms with Crippen LogP contribution < -0.4 is 0 Å². The van der Waals surface area contributed by atoms with Crippen molar-refractivity contribution in [3.63, 3.8) is 0 Å². The molecule has 1 aromatic carbocycles. The molecule has 4 aromatic rings. The van der Waals surface area contributed by atoms with Crippen LogP contribution in [0.25, 0.3) is 22.5 Å². The molecule has 31 heavy (non-hydrogen) atoms. The third-order valence-electron chi connectivity index (χ3n) is 5.60. The van der Waals surface area contributed by atoms with E-state index < -0.39 is 0 Å². The highest BCUT2D eigenvalue weighted by atomic mass is 32.2. The molecule has 0 bridgehead atoms. The Hall–Kier alpha value is -2.68. The van der Waals surface area contributed by atoms with E-state index >= 15 is 0 Å². The van der Waals surface area contributed by atoms with E-state index in [2.05, 4.69) is 44.9 Å². The highest BCUT2D eigenvalue weighted by Gasteiger charge is 2.35. The summed E-state index contributed by atoms with van der Waals surface area (Å²) >= 11 is 3.61. The van der Waals surface area contributed by atoms with Gasteiger partial charge in [-0.05, 0) is 35.5 Å². The van der Waals surface area contributed by atoms with Crippen molar-refractivity contribution in [3.05, 3.63) is 72.7 Å². The molecule has 0 amide bonds. The molecule has 0 aliphatic carbocycles. The summed E-state index contributed by atoms with van der Waals surface area (Å²) in [5, 5.41) is 6.85. The number of benzene rings is 1. The van der Waals surface area contributed by atoms with Gasteiger partial charge < -0.3 is 0 Å². The average molecular weight is 445 g/mol.